The number of hydrogen-bond donors (Lipinski definition) is 1. The molecule has 0 saturated heterocycles. The molecule has 0 radical (unpaired) electrons. The average Bonchev–Trinajstić information content (AvgIpc) is 2.52. The first kappa shape index (κ1) is 11.3. The number of furan rings is 1. The van der Waals surface area contributed by atoms with E-state index in [-0.39, 0.29) is 0 Å². The second-order valence-corrected chi connectivity index (χ2v) is 3.86. The predicted molar refractivity (Wildman–Crippen MR) is 58.2 cm³/mol. The molecule has 1 atom stereocenters. The van der Waals surface area contributed by atoms with E-state index in [1.807, 2.05) is 13.0 Å². The summed E-state index contributed by atoms with van der Waals surface area (Å²) in [7, 11) is 4.14. The third kappa shape index (κ3) is 2.86. The van der Waals surface area contributed by atoms with Gasteiger partial charge in [-0.2, -0.15) is 0 Å². The summed E-state index contributed by atoms with van der Waals surface area (Å²) in [5.41, 5.74) is 5.51. The van der Waals surface area contributed by atoms with Crippen molar-refractivity contribution in [1.82, 2.24) is 4.90 Å². The van der Waals surface area contributed by atoms with Crippen LogP contribution in [0.25, 0.3) is 0 Å². The molecule has 3 nitrogen and oxygen atoms in total. The fourth-order valence-electron chi connectivity index (χ4n) is 1.60. The Bertz CT molecular complexity index is 268. The largest absolute Gasteiger partial charge is 0.465 e. The topological polar surface area (TPSA) is 42.4 Å². The van der Waals surface area contributed by atoms with Crippen LogP contribution in [-0.4, -0.2) is 25.5 Å². The third-order valence-corrected chi connectivity index (χ3v) is 2.39. The Morgan fingerprint density at radius 3 is 2.57 bits per heavy atom. The number of nitrogens with zero attached hydrogens (tertiary/aromatic N) is 1. The van der Waals surface area contributed by atoms with Gasteiger partial charge in [0.05, 0.1) is 6.04 Å². The van der Waals surface area contributed by atoms with Crippen molar-refractivity contribution in [3.8, 4) is 0 Å². The van der Waals surface area contributed by atoms with Crippen LogP contribution in [-0.2, 0) is 0 Å². The van der Waals surface area contributed by atoms with Crippen LogP contribution in [0.5, 0.6) is 0 Å². The summed E-state index contributed by atoms with van der Waals surface area (Å²) in [6, 6.07) is 4.41. The van der Waals surface area contributed by atoms with Crippen LogP contribution in [0.4, 0.5) is 0 Å². The first-order valence-electron chi connectivity index (χ1n) is 5.08. The Labute approximate surface area is 85.9 Å². The van der Waals surface area contributed by atoms with Crippen molar-refractivity contribution in [2.45, 2.75) is 25.8 Å². The summed E-state index contributed by atoms with van der Waals surface area (Å²) in [5.74, 6) is 2.01. The molecule has 0 spiro atoms. The molecule has 0 aromatic carbocycles. The predicted octanol–water partition coefficient (Wildman–Crippen LogP) is 1.93. The molecule has 0 aliphatic rings. The lowest BCUT2D eigenvalue weighted by atomic mass is 10.1. The van der Waals surface area contributed by atoms with Gasteiger partial charge in [-0.15, -0.1) is 0 Å². The van der Waals surface area contributed by atoms with Crippen molar-refractivity contribution < 1.29 is 4.42 Å². The summed E-state index contributed by atoms with van der Waals surface area (Å²) < 4.78 is 5.62. The highest BCUT2D eigenvalue weighted by atomic mass is 16.3. The summed E-state index contributed by atoms with van der Waals surface area (Å²) in [5, 5.41) is 0. The van der Waals surface area contributed by atoms with E-state index >= 15 is 0 Å². The van der Waals surface area contributed by atoms with Crippen molar-refractivity contribution in [1.29, 1.82) is 0 Å². The van der Waals surface area contributed by atoms with Gasteiger partial charge in [-0.3, -0.25) is 4.90 Å². The lowest BCUT2D eigenvalue weighted by molar-refractivity contribution is 0.240. The maximum absolute atomic E-state index is 5.62. The van der Waals surface area contributed by atoms with Gasteiger partial charge in [0.25, 0.3) is 0 Å². The summed E-state index contributed by atoms with van der Waals surface area (Å²) in [4.78, 5) is 2.17. The van der Waals surface area contributed by atoms with Gasteiger partial charge in [0.15, 0.2) is 0 Å². The van der Waals surface area contributed by atoms with Gasteiger partial charge in [0.2, 0.25) is 0 Å². The molecule has 3 heteroatoms. The van der Waals surface area contributed by atoms with Crippen LogP contribution in [0.15, 0.2) is 16.5 Å². The lowest BCUT2D eigenvalue weighted by Gasteiger charge is -2.21. The summed E-state index contributed by atoms with van der Waals surface area (Å²) in [6.07, 6.45) is 2.08. The smallest absolute Gasteiger partial charge is 0.121 e. The average molecular weight is 196 g/mol. The first-order valence-corrected chi connectivity index (χ1v) is 5.08. The van der Waals surface area contributed by atoms with Gasteiger partial charge in [0, 0.05) is 0 Å². The van der Waals surface area contributed by atoms with Gasteiger partial charge in [-0.25, -0.2) is 0 Å². The van der Waals surface area contributed by atoms with Crippen molar-refractivity contribution in [3.63, 3.8) is 0 Å². The van der Waals surface area contributed by atoms with E-state index in [4.69, 9.17) is 10.2 Å². The molecule has 0 bridgehead atoms. The first-order chi connectivity index (χ1) is 6.65. The molecule has 0 amide bonds. The molecule has 0 aliphatic carbocycles. The number of nitrogens with two attached hydrogens (primary N) is 1. The number of aryl methyl sites for hydroxylation is 1. The van der Waals surface area contributed by atoms with Crippen molar-refractivity contribution >= 4 is 0 Å². The number of hydrogen-bond acceptors (Lipinski definition) is 3. The van der Waals surface area contributed by atoms with Crippen molar-refractivity contribution in [2.75, 3.05) is 20.6 Å². The van der Waals surface area contributed by atoms with Gasteiger partial charge in [-0.1, -0.05) is 0 Å². The zero-order valence-corrected chi connectivity index (χ0v) is 9.29. The molecule has 0 fully saturated rings. The van der Waals surface area contributed by atoms with E-state index in [2.05, 4.69) is 25.1 Å². The van der Waals surface area contributed by atoms with E-state index in [0.29, 0.717) is 6.04 Å². The van der Waals surface area contributed by atoms with E-state index in [1.54, 1.807) is 0 Å². The van der Waals surface area contributed by atoms with Gasteiger partial charge in [0.1, 0.15) is 11.5 Å². The molecule has 1 unspecified atom stereocenters. The Morgan fingerprint density at radius 2 is 2.14 bits per heavy atom. The van der Waals surface area contributed by atoms with Crippen LogP contribution in [0, 0.1) is 6.92 Å². The maximum Gasteiger partial charge on any atom is 0.121 e. The second kappa shape index (κ2) is 5.17. The maximum atomic E-state index is 5.62. The highest BCUT2D eigenvalue weighted by molar-refractivity contribution is 5.09. The molecule has 1 heterocycles. The Kier molecular flexibility index (Phi) is 4.17. The summed E-state index contributed by atoms with van der Waals surface area (Å²) >= 11 is 0. The van der Waals surface area contributed by atoms with Crippen LogP contribution in [0.2, 0.25) is 0 Å². The van der Waals surface area contributed by atoms with Crippen molar-refractivity contribution in [2.24, 2.45) is 5.73 Å². The molecular weight excluding hydrogens is 176 g/mol. The van der Waals surface area contributed by atoms with Crippen LogP contribution in [0.1, 0.15) is 30.4 Å². The Balaban J connectivity index is 2.67. The normalized spacial score (nSPS) is 13.5. The van der Waals surface area contributed by atoms with Crippen LogP contribution >= 0.6 is 0 Å². The number of rotatable bonds is 5. The second-order valence-electron chi connectivity index (χ2n) is 3.86. The molecule has 1 rings (SSSR count). The van der Waals surface area contributed by atoms with E-state index in [9.17, 15) is 0 Å². The highest BCUT2D eigenvalue weighted by Crippen LogP contribution is 2.24. The molecular formula is C11H20N2O. The van der Waals surface area contributed by atoms with Gasteiger partial charge < -0.3 is 10.2 Å². The minimum atomic E-state index is 0.354. The lowest BCUT2D eigenvalue weighted by Crippen LogP contribution is -2.20. The Morgan fingerprint density at radius 1 is 1.43 bits per heavy atom. The monoisotopic (exact) mass is 196 g/mol. The fraction of sp³-hybridized carbons (Fsp3) is 0.636. The fourth-order valence-corrected chi connectivity index (χ4v) is 1.60. The Hall–Kier alpha value is -0.800. The van der Waals surface area contributed by atoms with Crippen LogP contribution in [0.3, 0.4) is 0 Å². The van der Waals surface area contributed by atoms with Gasteiger partial charge >= 0.3 is 0 Å². The van der Waals surface area contributed by atoms with Gasteiger partial charge in [-0.05, 0) is 52.5 Å². The SMILES string of the molecule is Cc1ccc(C(CCCN)N(C)C)o1. The molecule has 1 aromatic rings. The zero-order valence-electron chi connectivity index (χ0n) is 9.29. The quantitative estimate of drug-likeness (QED) is 0.782. The third-order valence-electron chi connectivity index (χ3n) is 2.39. The van der Waals surface area contributed by atoms with E-state index in [0.717, 1.165) is 30.9 Å². The van der Waals surface area contributed by atoms with Crippen LogP contribution < -0.4 is 5.73 Å². The molecule has 80 valence electrons. The molecule has 14 heavy (non-hydrogen) atoms. The van der Waals surface area contributed by atoms with E-state index < -0.39 is 0 Å². The molecule has 0 saturated carbocycles. The molecule has 1 aromatic heterocycles. The highest BCUT2D eigenvalue weighted by Gasteiger charge is 2.16. The molecule has 2 N–H and O–H groups in total. The van der Waals surface area contributed by atoms with Crippen molar-refractivity contribution in [3.05, 3.63) is 23.7 Å². The summed E-state index contributed by atoms with van der Waals surface area (Å²) in [6.45, 7) is 2.71. The minimum Gasteiger partial charge on any atom is -0.465 e. The standard InChI is InChI=1S/C11H20N2O/c1-9-6-7-11(14-9)10(13(2)3)5-4-8-12/h6-7,10H,4-5,8,12H2,1-3H3. The van der Waals surface area contributed by atoms with E-state index in [1.165, 1.54) is 0 Å². The minimum absolute atomic E-state index is 0.354. The zero-order chi connectivity index (χ0) is 10.6. The molecule has 0 aliphatic heterocycles.